The van der Waals surface area contributed by atoms with Gasteiger partial charge in [0.1, 0.15) is 5.01 Å². The summed E-state index contributed by atoms with van der Waals surface area (Å²) >= 11 is 1.73. The van der Waals surface area contributed by atoms with Gasteiger partial charge in [0, 0.05) is 24.4 Å². The number of rotatable bonds is 2. The molecule has 3 heterocycles. The first-order valence-electron chi connectivity index (χ1n) is 5.77. The Kier molecular flexibility index (Phi) is 3.19. The predicted octanol–water partition coefficient (Wildman–Crippen LogP) is 1.31. The van der Waals surface area contributed by atoms with E-state index in [1.807, 2.05) is 0 Å². The standard InChI is InChI=1S/C11H16N2O2S/c1-3-14-5-8(1)10-7-16-11(13-10)9-6-15-4-2-12-9/h7-9,12H,1-6H2. The lowest BCUT2D eigenvalue weighted by molar-refractivity contribution is 0.0767. The second kappa shape index (κ2) is 4.79. The van der Waals surface area contributed by atoms with E-state index in [2.05, 4.69) is 10.7 Å². The van der Waals surface area contributed by atoms with Crippen LogP contribution in [-0.2, 0) is 9.47 Å². The molecular weight excluding hydrogens is 224 g/mol. The number of thiazole rings is 1. The molecule has 16 heavy (non-hydrogen) atoms. The number of ether oxygens (including phenoxy) is 2. The lowest BCUT2D eigenvalue weighted by Crippen LogP contribution is -2.34. The highest BCUT2D eigenvalue weighted by molar-refractivity contribution is 7.09. The highest BCUT2D eigenvalue weighted by Crippen LogP contribution is 2.28. The monoisotopic (exact) mass is 240 g/mol. The van der Waals surface area contributed by atoms with E-state index >= 15 is 0 Å². The van der Waals surface area contributed by atoms with E-state index in [-0.39, 0.29) is 6.04 Å². The van der Waals surface area contributed by atoms with E-state index in [9.17, 15) is 0 Å². The summed E-state index contributed by atoms with van der Waals surface area (Å²) in [7, 11) is 0. The first-order valence-corrected chi connectivity index (χ1v) is 6.65. The summed E-state index contributed by atoms with van der Waals surface area (Å²) in [5.74, 6) is 0.509. The molecule has 1 aromatic heterocycles. The Morgan fingerprint density at radius 3 is 3.00 bits per heavy atom. The van der Waals surface area contributed by atoms with E-state index in [1.165, 1.54) is 5.69 Å². The summed E-state index contributed by atoms with van der Waals surface area (Å²) in [5.41, 5.74) is 1.20. The van der Waals surface area contributed by atoms with E-state index in [4.69, 9.17) is 14.5 Å². The number of morpholine rings is 1. The van der Waals surface area contributed by atoms with E-state index < -0.39 is 0 Å². The molecule has 0 aromatic carbocycles. The van der Waals surface area contributed by atoms with Crippen LogP contribution in [0.4, 0.5) is 0 Å². The summed E-state index contributed by atoms with van der Waals surface area (Å²) in [6.45, 7) is 4.19. The van der Waals surface area contributed by atoms with Crippen molar-refractivity contribution in [2.45, 2.75) is 18.4 Å². The quantitative estimate of drug-likeness (QED) is 0.846. The van der Waals surface area contributed by atoms with Gasteiger partial charge in [0.2, 0.25) is 0 Å². The Balaban J connectivity index is 1.71. The third kappa shape index (κ3) is 2.13. The van der Waals surface area contributed by atoms with Crippen molar-refractivity contribution in [3.63, 3.8) is 0 Å². The molecule has 3 rings (SSSR count). The van der Waals surface area contributed by atoms with Crippen LogP contribution in [0.3, 0.4) is 0 Å². The lowest BCUT2D eigenvalue weighted by Gasteiger charge is -2.21. The third-order valence-electron chi connectivity index (χ3n) is 3.11. The van der Waals surface area contributed by atoms with Gasteiger partial charge in [0.15, 0.2) is 0 Å². The number of nitrogens with zero attached hydrogens (tertiary/aromatic N) is 1. The zero-order valence-corrected chi connectivity index (χ0v) is 9.96. The largest absolute Gasteiger partial charge is 0.381 e. The Bertz CT molecular complexity index is 344. The van der Waals surface area contributed by atoms with Gasteiger partial charge in [-0.15, -0.1) is 11.3 Å². The number of hydrogen-bond donors (Lipinski definition) is 1. The number of aromatic nitrogens is 1. The smallest absolute Gasteiger partial charge is 0.112 e. The lowest BCUT2D eigenvalue weighted by atomic mass is 10.1. The minimum Gasteiger partial charge on any atom is -0.381 e. The first-order chi connectivity index (χ1) is 7.93. The fourth-order valence-corrected chi connectivity index (χ4v) is 3.10. The molecule has 0 aliphatic carbocycles. The van der Waals surface area contributed by atoms with Crippen LogP contribution in [0.5, 0.6) is 0 Å². The van der Waals surface area contributed by atoms with Crippen LogP contribution in [0.2, 0.25) is 0 Å². The maximum absolute atomic E-state index is 5.45. The molecule has 2 saturated heterocycles. The maximum atomic E-state index is 5.45. The van der Waals surface area contributed by atoms with E-state index in [1.54, 1.807) is 11.3 Å². The van der Waals surface area contributed by atoms with Gasteiger partial charge in [-0.2, -0.15) is 0 Å². The Hall–Kier alpha value is -0.490. The zero-order chi connectivity index (χ0) is 10.8. The average molecular weight is 240 g/mol. The molecule has 2 aliphatic heterocycles. The van der Waals surface area contributed by atoms with Gasteiger partial charge in [-0.1, -0.05) is 0 Å². The summed E-state index contributed by atoms with van der Waals surface area (Å²) < 4.78 is 10.8. The van der Waals surface area contributed by atoms with E-state index in [0.717, 1.165) is 44.4 Å². The van der Waals surface area contributed by atoms with E-state index in [0.29, 0.717) is 5.92 Å². The number of hydrogen-bond acceptors (Lipinski definition) is 5. The number of nitrogens with one attached hydrogen (secondary N) is 1. The van der Waals surface area contributed by atoms with Crippen molar-refractivity contribution in [3.8, 4) is 0 Å². The fraction of sp³-hybridized carbons (Fsp3) is 0.727. The van der Waals surface area contributed by atoms with Crippen molar-refractivity contribution < 1.29 is 9.47 Å². The van der Waals surface area contributed by atoms with Crippen LogP contribution in [0.25, 0.3) is 0 Å². The van der Waals surface area contributed by atoms with Gasteiger partial charge in [-0.3, -0.25) is 0 Å². The van der Waals surface area contributed by atoms with Crippen LogP contribution < -0.4 is 5.32 Å². The van der Waals surface area contributed by atoms with Gasteiger partial charge in [-0.05, 0) is 6.42 Å². The van der Waals surface area contributed by atoms with Crippen molar-refractivity contribution in [1.29, 1.82) is 0 Å². The highest BCUT2D eigenvalue weighted by atomic mass is 32.1. The van der Waals surface area contributed by atoms with Crippen LogP contribution in [0.15, 0.2) is 5.38 Å². The van der Waals surface area contributed by atoms with Gasteiger partial charge < -0.3 is 14.8 Å². The molecule has 0 amide bonds. The Morgan fingerprint density at radius 2 is 2.25 bits per heavy atom. The van der Waals surface area contributed by atoms with Gasteiger partial charge in [0.25, 0.3) is 0 Å². The minimum absolute atomic E-state index is 0.287. The summed E-state index contributed by atoms with van der Waals surface area (Å²) in [6, 6.07) is 0.287. The van der Waals surface area contributed by atoms with Crippen molar-refractivity contribution in [2.24, 2.45) is 0 Å². The normalized spacial score (nSPS) is 30.8. The molecule has 2 atom stereocenters. The molecule has 0 spiro atoms. The molecule has 0 radical (unpaired) electrons. The van der Waals surface area contributed by atoms with Crippen LogP contribution in [-0.4, -0.2) is 38.0 Å². The zero-order valence-electron chi connectivity index (χ0n) is 9.15. The molecule has 4 nitrogen and oxygen atoms in total. The summed E-state index contributed by atoms with van der Waals surface area (Å²) in [5, 5.41) is 6.76. The molecule has 1 aromatic rings. The van der Waals surface area contributed by atoms with Crippen molar-refractivity contribution in [1.82, 2.24) is 10.3 Å². The van der Waals surface area contributed by atoms with Crippen molar-refractivity contribution >= 4 is 11.3 Å². The summed E-state index contributed by atoms with van der Waals surface area (Å²) in [4.78, 5) is 4.71. The Labute approximate surface area is 99.0 Å². The molecule has 0 bridgehead atoms. The SMILES string of the molecule is c1sc(C2COCCN2)nc1C1CCOC1. The second-order valence-corrected chi connectivity index (χ2v) is 5.14. The third-order valence-corrected chi connectivity index (χ3v) is 4.08. The minimum atomic E-state index is 0.287. The van der Waals surface area contributed by atoms with Gasteiger partial charge >= 0.3 is 0 Å². The molecule has 2 unspecified atom stereocenters. The molecule has 2 fully saturated rings. The van der Waals surface area contributed by atoms with Crippen molar-refractivity contribution in [2.75, 3.05) is 33.0 Å². The molecule has 88 valence electrons. The second-order valence-electron chi connectivity index (χ2n) is 4.25. The first kappa shape index (κ1) is 10.7. The average Bonchev–Trinajstić information content (AvgIpc) is 3.01. The van der Waals surface area contributed by atoms with Gasteiger partial charge in [0.05, 0.1) is 31.6 Å². The maximum Gasteiger partial charge on any atom is 0.112 e. The molecular formula is C11H16N2O2S. The van der Waals surface area contributed by atoms with Gasteiger partial charge in [-0.25, -0.2) is 4.98 Å². The predicted molar refractivity (Wildman–Crippen MR) is 61.9 cm³/mol. The highest BCUT2D eigenvalue weighted by Gasteiger charge is 2.23. The molecule has 5 heteroatoms. The molecule has 2 aliphatic rings. The summed E-state index contributed by atoms with van der Waals surface area (Å²) in [6.07, 6.45) is 1.11. The van der Waals surface area contributed by atoms with Crippen LogP contribution in [0.1, 0.15) is 29.1 Å². The van der Waals surface area contributed by atoms with Crippen molar-refractivity contribution in [3.05, 3.63) is 16.1 Å². The molecule has 0 saturated carbocycles. The van der Waals surface area contributed by atoms with Crippen LogP contribution in [0, 0.1) is 0 Å². The topological polar surface area (TPSA) is 43.4 Å². The molecule has 1 N–H and O–H groups in total. The van der Waals surface area contributed by atoms with Crippen LogP contribution >= 0.6 is 11.3 Å². The Morgan fingerprint density at radius 1 is 1.31 bits per heavy atom. The fourth-order valence-electron chi connectivity index (χ4n) is 2.14.